The van der Waals surface area contributed by atoms with Crippen LogP contribution in [0.2, 0.25) is 0 Å². The fraction of sp³-hybridized carbons (Fsp3) is 1.00. The fourth-order valence-corrected chi connectivity index (χ4v) is 3.66. The van der Waals surface area contributed by atoms with Gasteiger partial charge in [-0.15, -0.1) is 0 Å². The van der Waals surface area contributed by atoms with Crippen molar-refractivity contribution in [3.8, 4) is 0 Å². The number of likely N-dealkylation sites (tertiary alicyclic amines) is 1. The third-order valence-corrected chi connectivity index (χ3v) is 4.67. The van der Waals surface area contributed by atoms with E-state index < -0.39 is 0 Å². The van der Waals surface area contributed by atoms with E-state index in [-0.39, 0.29) is 0 Å². The van der Waals surface area contributed by atoms with E-state index in [1.807, 2.05) is 0 Å². The molecule has 15 heavy (non-hydrogen) atoms. The first-order chi connectivity index (χ1) is 7.36. The molecule has 2 atom stereocenters. The smallest absolute Gasteiger partial charge is 0.0471 e. The Morgan fingerprint density at radius 2 is 1.80 bits per heavy atom. The van der Waals surface area contributed by atoms with Crippen molar-refractivity contribution in [1.29, 1.82) is 0 Å². The number of nitrogens with zero attached hydrogens (tertiary/aromatic N) is 2. The van der Waals surface area contributed by atoms with E-state index in [9.17, 15) is 5.11 Å². The van der Waals surface area contributed by atoms with Crippen LogP contribution in [0.3, 0.4) is 0 Å². The molecule has 0 spiro atoms. The molecule has 0 aliphatic carbocycles. The van der Waals surface area contributed by atoms with Crippen LogP contribution < -0.4 is 0 Å². The van der Waals surface area contributed by atoms with Crippen LogP contribution in [0.1, 0.15) is 19.3 Å². The van der Waals surface area contributed by atoms with Gasteiger partial charge in [0.1, 0.15) is 0 Å². The summed E-state index contributed by atoms with van der Waals surface area (Å²) in [5.41, 5.74) is 0. The molecular formula is C12H22N2O. The first-order valence-corrected chi connectivity index (χ1v) is 6.44. The molecule has 2 unspecified atom stereocenters. The second-order valence-electron chi connectivity index (χ2n) is 5.54. The highest BCUT2D eigenvalue weighted by atomic mass is 16.3. The largest absolute Gasteiger partial charge is 0.396 e. The molecule has 4 rings (SSSR count). The van der Waals surface area contributed by atoms with Gasteiger partial charge in [0.15, 0.2) is 0 Å². The summed E-state index contributed by atoms with van der Waals surface area (Å²) in [6.45, 7) is 6.71. The number of fused-ring (bicyclic) bond motifs is 3. The van der Waals surface area contributed by atoms with E-state index in [1.165, 1.54) is 45.4 Å². The Bertz CT molecular complexity index is 226. The Morgan fingerprint density at radius 1 is 1.00 bits per heavy atom. The van der Waals surface area contributed by atoms with Crippen LogP contribution >= 0.6 is 0 Å². The minimum Gasteiger partial charge on any atom is -0.396 e. The predicted octanol–water partition coefficient (Wildman–Crippen LogP) is 0.395. The lowest BCUT2D eigenvalue weighted by Gasteiger charge is -2.48. The number of piperidine rings is 3. The number of aliphatic hydroxyl groups is 1. The molecule has 0 amide bonds. The molecule has 0 aromatic rings. The lowest BCUT2D eigenvalue weighted by Crippen LogP contribution is -2.56. The van der Waals surface area contributed by atoms with Crippen LogP contribution in [0, 0.1) is 11.8 Å². The second kappa shape index (κ2) is 4.04. The van der Waals surface area contributed by atoms with Crippen LogP contribution in [0.25, 0.3) is 0 Å². The number of hydrogen-bond donors (Lipinski definition) is 1. The molecule has 4 saturated heterocycles. The summed E-state index contributed by atoms with van der Waals surface area (Å²) in [4.78, 5) is 5.27. The van der Waals surface area contributed by atoms with Crippen molar-refractivity contribution in [2.24, 2.45) is 11.8 Å². The highest BCUT2D eigenvalue weighted by Crippen LogP contribution is 2.33. The zero-order valence-corrected chi connectivity index (χ0v) is 9.44. The summed E-state index contributed by atoms with van der Waals surface area (Å²) < 4.78 is 0. The molecule has 4 fully saturated rings. The molecule has 0 radical (unpaired) electrons. The molecule has 0 aromatic heterocycles. The monoisotopic (exact) mass is 210 g/mol. The van der Waals surface area contributed by atoms with Gasteiger partial charge in [0.2, 0.25) is 0 Å². The molecule has 0 aromatic carbocycles. The van der Waals surface area contributed by atoms with Gasteiger partial charge in [-0.25, -0.2) is 0 Å². The van der Waals surface area contributed by atoms with Gasteiger partial charge in [0.05, 0.1) is 0 Å². The first kappa shape index (κ1) is 10.1. The average molecular weight is 210 g/mol. The van der Waals surface area contributed by atoms with Crippen molar-refractivity contribution in [3.05, 3.63) is 0 Å². The van der Waals surface area contributed by atoms with Crippen LogP contribution in [-0.4, -0.2) is 60.3 Å². The fourth-order valence-electron chi connectivity index (χ4n) is 3.66. The minimum absolute atomic E-state index is 0.387. The highest BCUT2D eigenvalue weighted by Gasteiger charge is 2.39. The summed E-state index contributed by atoms with van der Waals surface area (Å²) in [5.74, 6) is 1.51. The van der Waals surface area contributed by atoms with Gasteiger partial charge in [-0.1, -0.05) is 0 Å². The molecule has 2 bridgehead atoms. The van der Waals surface area contributed by atoms with Gasteiger partial charge in [-0.3, -0.25) is 4.90 Å². The van der Waals surface area contributed by atoms with Gasteiger partial charge < -0.3 is 10.0 Å². The summed E-state index contributed by atoms with van der Waals surface area (Å²) in [7, 11) is 0. The molecule has 3 nitrogen and oxygen atoms in total. The summed E-state index contributed by atoms with van der Waals surface area (Å²) in [6, 6.07) is 0.809. The molecule has 0 saturated carbocycles. The van der Waals surface area contributed by atoms with Gasteiger partial charge in [0.25, 0.3) is 0 Å². The second-order valence-corrected chi connectivity index (χ2v) is 5.54. The maximum atomic E-state index is 9.18. The molecule has 4 aliphatic rings. The maximum Gasteiger partial charge on any atom is 0.0471 e. The third kappa shape index (κ3) is 1.81. The quantitative estimate of drug-likeness (QED) is 0.714. The number of aliphatic hydroxyl groups excluding tert-OH is 1. The molecule has 3 heteroatoms. The molecule has 1 N–H and O–H groups in total. The van der Waals surface area contributed by atoms with Gasteiger partial charge in [-0.05, 0) is 50.7 Å². The van der Waals surface area contributed by atoms with Gasteiger partial charge in [-0.2, -0.15) is 0 Å². The van der Waals surface area contributed by atoms with Crippen LogP contribution in [-0.2, 0) is 0 Å². The van der Waals surface area contributed by atoms with Crippen LogP contribution in [0.4, 0.5) is 0 Å². The van der Waals surface area contributed by atoms with Gasteiger partial charge >= 0.3 is 0 Å². The Morgan fingerprint density at radius 3 is 2.33 bits per heavy atom. The van der Waals surface area contributed by atoms with E-state index >= 15 is 0 Å². The van der Waals surface area contributed by atoms with Crippen molar-refractivity contribution in [2.45, 2.75) is 25.3 Å². The normalized spacial score (nSPS) is 46.2. The van der Waals surface area contributed by atoms with Crippen LogP contribution in [0.5, 0.6) is 0 Å². The van der Waals surface area contributed by atoms with Crippen molar-refractivity contribution in [3.63, 3.8) is 0 Å². The van der Waals surface area contributed by atoms with E-state index in [4.69, 9.17) is 0 Å². The number of hydrogen-bond acceptors (Lipinski definition) is 3. The van der Waals surface area contributed by atoms with Crippen molar-refractivity contribution >= 4 is 0 Å². The summed E-state index contributed by atoms with van der Waals surface area (Å²) in [5, 5.41) is 9.18. The summed E-state index contributed by atoms with van der Waals surface area (Å²) in [6.07, 6.45) is 4.02. The van der Waals surface area contributed by atoms with Gasteiger partial charge in [0, 0.05) is 25.7 Å². The minimum atomic E-state index is 0.387. The first-order valence-electron chi connectivity index (χ1n) is 6.44. The topological polar surface area (TPSA) is 26.7 Å². The zero-order valence-electron chi connectivity index (χ0n) is 9.44. The van der Waals surface area contributed by atoms with Crippen molar-refractivity contribution < 1.29 is 5.11 Å². The molecule has 4 heterocycles. The molecule has 4 aliphatic heterocycles. The van der Waals surface area contributed by atoms with E-state index in [2.05, 4.69) is 9.80 Å². The molecular weight excluding hydrogens is 188 g/mol. The Labute approximate surface area is 92.1 Å². The van der Waals surface area contributed by atoms with E-state index in [1.54, 1.807) is 0 Å². The maximum absolute atomic E-state index is 9.18. The third-order valence-electron chi connectivity index (χ3n) is 4.67. The van der Waals surface area contributed by atoms with E-state index in [0.29, 0.717) is 12.5 Å². The SMILES string of the molecule is OCC1CCN(C2CN3CCC2CC3)C1. The average Bonchev–Trinajstić information content (AvgIpc) is 2.79. The predicted molar refractivity (Wildman–Crippen MR) is 59.7 cm³/mol. The standard InChI is InChI=1S/C12H22N2O/c15-9-10-1-6-14(7-10)12-8-13-4-2-11(12)3-5-13/h10-12,15H,1-9H2. The Balaban J connectivity index is 1.63. The Kier molecular flexibility index (Phi) is 2.71. The van der Waals surface area contributed by atoms with Crippen molar-refractivity contribution in [2.75, 3.05) is 39.3 Å². The lowest BCUT2D eigenvalue weighted by atomic mass is 9.83. The van der Waals surface area contributed by atoms with Crippen molar-refractivity contribution in [1.82, 2.24) is 9.80 Å². The number of rotatable bonds is 2. The van der Waals surface area contributed by atoms with Crippen LogP contribution in [0.15, 0.2) is 0 Å². The lowest BCUT2D eigenvalue weighted by molar-refractivity contribution is 0.0131. The summed E-state index contributed by atoms with van der Waals surface area (Å²) >= 11 is 0. The van der Waals surface area contributed by atoms with E-state index in [0.717, 1.165) is 18.5 Å². The zero-order chi connectivity index (χ0) is 10.3. The highest BCUT2D eigenvalue weighted by molar-refractivity contribution is 4.94. The molecule has 86 valence electrons. The Hall–Kier alpha value is -0.120.